The Balaban J connectivity index is 2.01. The lowest BCUT2D eigenvalue weighted by molar-refractivity contribution is 0.183. The molecular formula is C28H48N2. The third-order valence-corrected chi connectivity index (χ3v) is 6.30. The van der Waals surface area contributed by atoms with Crippen LogP contribution in [0.1, 0.15) is 86.6 Å². The predicted octanol–water partition coefficient (Wildman–Crippen LogP) is 7.34. The van der Waals surface area contributed by atoms with E-state index in [1.165, 1.54) is 68.6 Å². The molecule has 0 aromatic heterocycles. The lowest BCUT2D eigenvalue weighted by Crippen LogP contribution is -2.45. The number of benzene rings is 1. The van der Waals surface area contributed by atoms with Crippen molar-refractivity contribution in [3.8, 4) is 0 Å². The first-order chi connectivity index (χ1) is 13.9. The minimum Gasteiger partial charge on any atom is -0.365 e. The van der Waals surface area contributed by atoms with Crippen molar-refractivity contribution in [3.05, 3.63) is 41.5 Å². The molecule has 1 heterocycles. The summed E-state index contributed by atoms with van der Waals surface area (Å²) in [5.74, 6) is 0. The summed E-state index contributed by atoms with van der Waals surface area (Å²) in [6.07, 6.45) is 8.62. The van der Waals surface area contributed by atoms with Crippen LogP contribution in [0.2, 0.25) is 0 Å². The van der Waals surface area contributed by atoms with E-state index in [0.717, 1.165) is 6.54 Å². The Labute approximate surface area is 187 Å². The Bertz CT molecular complexity index is 645. The molecule has 0 bridgehead atoms. The standard InChI is InChI=1S/C28H48N2/c1-23(2)14-21-30(25-11-9-24(10-12-25)13-17-27(3,4)5)26-15-19-29(20-16-26)22-18-28(6,7)8/h9-12,14,26H,13,15-22H2,1-8H3. The van der Waals surface area contributed by atoms with Gasteiger partial charge in [-0.05, 0) is 81.0 Å². The summed E-state index contributed by atoms with van der Waals surface area (Å²) in [6, 6.07) is 10.1. The Morgan fingerprint density at radius 3 is 2.00 bits per heavy atom. The van der Waals surface area contributed by atoms with E-state index in [9.17, 15) is 0 Å². The van der Waals surface area contributed by atoms with Gasteiger partial charge in [0.05, 0.1) is 0 Å². The van der Waals surface area contributed by atoms with Crippen molar-refractivity contribution < 1.29 is 0 Å². The van der Waals surface area contributed by atoms with Crippen LogP contribution in [0.4, 0.5) is 5.69 Å². The maximum Gasteiger partial charge on any atom is 0.0371 e. The highest BCUT2D eigenvalue weighted by Crippen LogP contribution is 2.27. The minimum atomic E-state index is 0.398. The molecule has 170 valence electrons. The second-order valence-corrected chi connectivity index (χ2v) is 12.0. The predicted molar refractivity (Wildman–Crippen MR) is 135 cm³/mol. The van der Waals surface area contributed by atoms with E-state index < -0.39 is 0 Å². The fourth-order valence-electron chi connectivity index (χ4n) is 4.07. The van der Waals surface area contributed by atoms with E-state index in [1.54, 1.807) is 0 Å². The molecule has 0 N–H and O–H groups in total. The lowest BCUT2D eigenvalue weighted by Gasteiger charge is -2.40. The number of nitrogens with zero attached hydrogens (tertiary/aromatic N) is 2. The smallest absolute Gasteiger partial charge is 0.0371 e. The number of anilines is 1. The normalized spacial score (nSPS) is 16.5. The number of piperidine rings is 1. The molecule has 1 aromatic carbocycles. The molecule has 30 heavy (non-hydrogen) atoms. The Morgan fingerprint density at radius 1 is 0.933 bits per heavy atom. The van der Waals surface area contributed by atoms with Gasteiger partial charge in [0.15, 0.2) is 0 Å². The Morgan fingerprint density at radius 2 is 1.50 bits per heavy atom. The van der Waals surface area contributed by atoms with Crippen molar-refractivity contribution in [3.63, 3.8) is 0 Å². The number of allylic oxidation sites excluding steroid dienone is 1. The highest BCUT2D eigenvalue weighted by Gasteiger charge is 2.25. The first-order valence-electron chi connectivity index (χ1n) is 12.1. The number of aryl methyl sites for hydroxylation is 1. The van der Waals surface area contributed by atoms with E-state index >= 15 is 0 Å². The maximum atomic E-state index is 2.68. The maximum absolute atomic E-state index is 2.68. The molecule has 2 nitrogen and oxygen atoms in total. The third-order valence-electron chi connectivity index (χ3n) is 6.30. The molecule has 0 saturated carbocycles. The van der Waals surface area contributed by atoms with Gasteiger partial charge in [-0.25, -0.2) is 0 Å². The van der Waals surface area contributed by atoms with Crippen LogP contribution in [0.5, 0.6) is 0 Å². The zero-order valence-electron chi connectivity index (χ0n) is 21.2. The van der Waals surface area contributed by atoms with Crippen LogP contribution in [0.3, 0.4) is 0 Å². The SMILES string of the molecule is CC(C)=CCN(c1ccc(CCC(C)(C)C)cc1)C1CCN(CCC(C)(C)C)CC1. The van der Waals surface area contributed by atoms with Crippen LogP contribution in [0.25, 0.3) is 0 Å². The molecule has 0 amide bonds. The van der Waals surface area contributed by atoms with Gasteiger partial charge in [-0.2, -0.15) is 0 Å². The summed E-state index contributed by atoms with van der Waals surface area (Å²) < 4.78 is 0. The number of hydrogen-bond donors (Lipinski definition) is 0. The van der Waals surface area contributed by atoms with E-state index in [0.29, 0.717) is 16.9 Å². The van der Waals surface area contributed by atoms with Gasteiger partial charge >= 0.3 is 0 Å². The van der Waals surface area contributed by atoms with Gasteiger partial charge in [0.25, 0.3) is 0 Å². The van der Waals surface area contributed by atoms with Gasteiger partial charge in [-0.15, -0.1) is 0 Å². The first kappa shape index (κ1) is 25.0. The van der Waals surface area contributed by atoms with Crippen molar-refractivity contribution >= 4 is 5.69 Å². The molecule has 1 aliphatic rings. The van der Waals surface area contributed by atoms with Crippen molar-refractivity contribution in [1.29, 1.82) is 0 Å². The lowest BCUT2D eigenvalue weighted by atomic mass is 9.88. The average molecular weight is 413 g/mol. The largest absolute Gasteiger partial charge is 0.365 e. The molecule has 1 aromatic rings. The van der Waals surface area contributed by atoms with Gasteiger partial charge in [0, 0.05) is 31.4 Å². The average Bonchev–Trinajstić information content (AvgIpc) is 2.65. The molecule has 2 heteroatoms. The molecule has 0 aliphatic carbocycles. The Hall–Kier alpha value is -1.28. The van der Waals surface area contributed by atoms with Crippen LogP contribution >= 0.6 is 0 Å². The van der Waals surface area contributed by atoms with Gasteiger partial charge in [-0.3, -0.25) is 0 Å². The quantitative estimate of drug-likeness (QED) is 0.412. The van der Waals surface area contributed by atoms with E-state index in [4.69, 9.17) is 0 Å². The molecule has 2 rings (SSSR count). The van der Waals surface area contributed by atoms with Gasteiger partial charge < -0.3 is 9.80 Å². The summed E-state index contributed by atoms with van der Waals surface area (Å²) in [5.41, 5.74) is 5.09. The van der Waals surface area contributed by atoms with E-state index in [-0.39, 0.29) is 0 Å². The zero-order valence-corrected chi connectivity index (χ0v) is 21.2. The van der Waals surface area contributed by atoms with Crippen molar-refractivity contribution in [2.45, 2.75) is 93.5 Å². The van der Waals surface area contributed by atoms with Crippen molar-refractivity contribution in [2.24, 2.45) is 10.8 Å². The van der Waals surface area contributed by atoms with Crippen LogP contribution in [-0.4, -0.2) is 37.1 Å². The van der Waals surface area contributed by atoms with E-state index in [1.807, 2.05) is 0 Å². The second-order valence-electron chi connectivity index (χ2n) is 12.0. The molecule has 1 fully saturated rings. The monoisotopic (exact) mass is 412 g/mol. The highest BCUT2D eigenvalue weighted by molar-refractivity contribution is 5.49. The fraction of sp³-hybridized carbons (Fsp3) is 0.714. The fourth-order valence-corrected chi connectivity index (χ4v) is 4.07. The number of hydrogen-bond acceptors (Lipinski definition) is 2. The van der Waals surface area contributed by atoms with Crippen LogP contribution < -0.4 is 4.90 Å². The highest BCUT2D eigenvalue weighted by atomic mass is 15.2. The van der Waals surface area contributed by atoms with Crippen LogP contribution in [-0.2, 0) is 6.42 Å². The molecule has 0 unspecified atom stereocenters. The molecule has 0 atom stereocenters. The molecule has 0 spiro atoms. The summed E-state index contributed by atoms with van der Waals surface area (Å²) in [7, 11) is 0. The molecule has 1 aliphatic heterocycles. The molecule has 1 saturated heterocycles. The summed E-state index contributed by atoms with van der Waals surface area (Å²) in [6.45, 7) is 23.2. The summed E-state index contributed by atoms with van der Waals surface area (Å²) in [5, 5.41) is 0. The summed E-state index contributed by atoms with van der Waals surface area (Å²) >= 11 is 0. The first-order valence-corrected chi connectivity index (χ1v) is 12.1. The van der Waals surface area contributed by atoms with Gasteiger partial charge in [-0.1, -0.05) is 65.3 Å². The second kappa shape index (κ2) is 10.8. The van der Waals surface area contributed by atoms with Crippen molar-refractivity contribution in [2.75, 3.05) is 31.1 Å². The summed E-state index contributed by atoms with van der Waals surface area (Å²) in [4.78, 5) is 5.33. The zero-order chi connectivity index (χ0) is 22.4. The molecule has 0 radical (unpaired) electrons. The van der Waals surface area contributed by atoms with Crippen molar-refractivity contribution in [1.82, 2.24) is 4.90 Å². The van der Waals surface area contributed by atoms with Crippen LogP contribution in [0, 0.1) is 10.8 Å². The van der Waals surface area contributed by atoms with Gasteiger partial charge in [0.1, 0.15) is 0 Å². The third kappa shape index (κ3) is 9.25. The molecular weight excluding hydrogens is 364 g/mol. The number of rotatable bonds is 8. The van der Waals surface area contributed by atoms with Crippen LogP contribution in [0.15, 0.2) is 35.9 Å². The topological polar surface area (TPSA) is 6.48 Å². The number of likely N-dealkylation sites (tertiary alicyclic amines) is 1. The van der Waals surface area contributed by atoms with Gasteiger partial charge in [0.2, 0.25) is 0 Å². The van der Waals surface area contributed by atoms with E-state index in [2.05, 4.69) is 95.5 Å². The Kier molecular flexibility index (Phi) is 9.03. The minimum absolute atomic E-state index is 0.398.